The summed E-state index contributed by atoms with van der Waals surface area (Å²) in [6.07, 6.45) is 6.93. The van der Waals surface area contributed by atoms with Gasteiger partial charge in [0.15, 0.2) is 0 Å². The maximum atomic E-state index is 6.31. The van der Waals surface area contributed by atoms with Crippen molar-refractivity contribution in [3.63, 3.8) is 0 Å². The van der Waals surface area contributed by atoms with Gasteiger partial charge in [-0.1, -0.05) is 6.92 Å². The van der Waals surface area contributed by atoms with E-state index in [1.54, 1.807) is 14.2 Å². The van der Waals surface area contributed by atoms with Crippen LogP contribution in [-0.4, -0.2) is 20.0 Å². The third kappa shape index (κ3) is 2.54. The number of ether oxygens (including phenoxy) is 4. The molecule has 0 amide bonds. The van der Waals surface area contributed by atoms with Gasteiger partial charge < -0.3 is 18.9 Å². The van der Waals surface area contributed by atoms with Crippen molar-refractivity contribution in [2.45, 2.75) is 19.1 Å². The van der Waals surface area contributed by atoms with Crippen LogP contribution in [0.5, 0.6) is 23.0 Å². The molecular weight excluding hydrogens is 316 g/mol. The molecule has 2 aliphatic heterocycles. The molecule has 2 heterocycles. The van der Waals surface area contributed by atoms with Gasteiger partial charge in [0.1, 0.15) is 23.0 Å². The SMILES string of the molecule is CCC1=Cc2cc(OC)ccc2OC12C=Cc1cc(OC)ccc1O2. The van der Waals surface area contributed by atoms with Gasteiger partial charge in [0.2, 0.25) is 0 Å². The summed E-state index contributed by atoms with van der Waals surface area (Å²) in [6, 6.07) is 11.5. The lowest BCUT2D eigenvalue weighted by Crippen LogP contribution is -2.45. The van der Waals surface area contributed by atoms with E-state index < -0.39 is 5.79 Å². The molecule has 128 valence electrons. The second-order valence-electron chi connectivity index (χ2n) is 6.04. The zero-order valence-electron chi connectivity index (χ0n) is 14.5. The smallest absolute Gasteiger partial charge is 0.294 e. The fraction of sp³-hybridized carbons (Fsp3) is 0.238. The molecule has 2 aliphatic rings. The van der Waals surface area contributed by atoms with Gasteiger partial charge >= 0.3 is 0 Å². The first-order valence-electron chi connectivity index (χ1n) is 8.32. The standard InChI is InChI=1S/C21H20O4/c1-4-16-11-15-13-18(23-3)6-8-20(15)25-21(16)10-9-14-12-17(22-2)5-7-19(14)24-21/h5-13H,4H2,1-3H3. The van der Waals surface area contributed by atoms with Crippen LogP contribution in [-0.2, 0) is 0 Å². The molecule has 0 saturated heterocycles. The Balaban J connectivity index is 1.76. The Morgan fingerprint density at radius 3 is 2.08 bits per heavy atom. The third-order valence-electron chi connectivity index (χ3n) is 4.60. The molecule has 4 nitrogen and oxygen atoms in total. The zero-order valence-corrected chi connectivity index (χ0v) is 14.5. The number of rotatable bonds is 3. The quantitative estimate of drug-likeness (QED) is 0.815. The summed E-state index contributed by atoms with van der Waals surface area (Å²) in [5, 5.41) is 0. The van der Waals surface area contributed by atoms with Crippen LogP contribution in [0, 0.1) is 0 Å². The Kier molecular flexibility index (Phi) is 3.68. The lowest BCUT2D eigenvalue weighted by atomic mass is 9.93. The highest BCUT2D eigenvalue weighted by atomic mass is 16.7. The van der Waals surface area contributed by atoms with E-state index >= 15 is 0 Å². The fourth-order valence-electron chi connectivity index (χ4n) is 3.23. The number of benzene rings is 2. The first-order valence-corrected chi connectivity index (χ1v) is 8.32. The Hall–Kier alpha value is -2.88. The summed E-state index contributed by atoms with van der Waals surface area (Å²) in [5.41, 5.74) is 3.04. The van der Waals surface area contributed by atoms with Crippen molar-refractivity contribution in [1.82, 2.24) is 0 Å². The van der Waals surface area contributed by atoms with Gasteiger partial charge in [0.05, 0.1) is 14.2 Å². The van der Waals surface area contributed by atoms with Crippen LogP contribution in [0.25, 0.3) is 12.2 Å². The van der Waals surface area contributed by atoms with Gasteiger partial charge in [-0.25, -0.2) is 0 Å². The molecule has 4 rings (SSSR count). The molecule has 0 N–H and O–H groups in total. The second-order valence-corrected chi connectivity index (χ2v) is 6.04. The van der Waals surface area contributed by atoms with Gasteiger partial charge in [-0.3, -0.25) is 0 Å². The van der Waals surface area contributed by atoms with Gasteiger partial charge in [-0.05, 0) is 55.0 Å². The summed E-state index contributed by atoms with van der Waals surface area (Å²) in [6.45, 7) is 2.10. The Bertz CT molecular complexity index is 877. The van der Waals surface area contributed by atoms with Gasteiger partial charge in [0, 0.05) is 22.8 Å². The van der Waals surface area contributed by atoms with E-state index in [1.165, 1.54) is 0 Å². The van der Waals surface area contributed by atoms with Crippen molar-refractivity contribution >= 4 is 12.2 Å². The van der Waals surface area contributed by atoms with E-state index in [2.05, 4.69) is 13.0 Å². The van der Waals surface area contributed by atoms with Crippen LogP contribution in [0.1, 0.15) is 24.5 Å². The number of methoxy groups -OCH3 is 2. The minimum absolute atomic E-state index is 0.777. The minimum atomic E-state index is -0.905. The van der Waals surface area contributed by atoms with Crippen LogP contribution in [0.15, 0.2) is 48.0 Å². The molecule has 1 spiro atoms. The summed E-state index contributed by atoms with van der Waals surface area (Å²) in [5.74, 6) is 2.26. The molecule has 0 saturated carbocycles. The highest BCUT2D eigenvalue weighted by molar-refractivity contribution is 5.70. The van der Waals surface area contributed by atoms with Crippen molar-refractivity contribution in [2.75, 3.05) is 14.2 Å². The molecule has 0 bridgehead atoms. The molecule has 1 atom stereocenters. The van der Waals surface area contributed by atoms with Crippen molar-refractivity contribution in [2.24, 2.45) is 0 Å². The van der Waals surface area contributed by atoms with Crippen molar-refractivity contribution in [1.29, 1.82) is 0 Å². The molecular formula is C21H20O4. The topological polar surface area (TPSA) is 36.9 Å². The molecule has 0 fully saturated rings. The van der Waals surface area contributed by atoms with Crippen LogP contribution < -0.4 is 18.9 Å². The van der Waals surface area contributed by atoms with Gasteiger partial charge in [0.25, 0.3) is 5.79 Å². The van der Waals surface area contributed by atoms with Crippen molar-refractivity contribution in [3.05, 3.63) is 59.2 Å². The number of hydrogen-bond donors (Lipinski definition) is 0. The van der Waals surface area contributed by atoms with Crippen molar-refractivity contribution in [3.8, 4) is 23.0 Å². The van der Waals surface area contributed by atoms with Crippen LogP contribution in [0.4, 0.5) is 0 Å². The predicted octanol–water partition coefficient (Wildman–Crippen LogP) is 4.69. The first-order chi connectivity index (χ1) is 12.2. The molecule has 25 heavy (non-hydrogen) atoms. The largest absolute Gasteiger partial charge is 0.497 e. The minimum Gasteiger partial charge on any atom is -0.497 e. The average molecular weight is 336 g/mol. The average Bonchev–Trinajstić information content (AvgIpc) is 2.66. The molecule has 2 aromatic carbocycles. The molecule has 1 unspecified atom stereocenters. The maximum Gasteiger partial charge on any atom is 0.294 e. The van der Waals surface area contributed by atoms with Crippen LogP contribution in [0.2, 0.25) is 0 Å². The first kappa shape index (κ1) is 15.6. The second kappa shape index (κ2) is 5.88. The Morgan fingerprint density at radius 1 is 0.880 bits per heavy atom. The highest BCUT2D eigenvalue weighted by Gasteiger charge is 2.41. The maximum absolute atomic E-state index is 6.31. The highest BCUT2D eigenvalue weighted by Crippen LogP contribution is 2.44. The number of hydrogen-bond acceptors (Lipinski definition) is 4. The van der Waals surface area contributed by atoms with E-state index in [4.69, 9.17) is 18.9 Å². The molecule has 2 aromatic rings. The van der Waals surface area contributed by atoms with Gasteiger partial charge in [-0.2, -0.15) is 0 Å². The summed E-state index contributed by atoms with van der Waals surface area (Å²) in [4.78, 5) is 0. The van der Waals surface area contributed by atoms with E-state index in [-0.39, 0.29) is 0 Å². The van der Waals surface area contributed by atoms with Gasteiger partial charge in [-0.15, -0.1) is 0 Å². The molecule has 0 radical (unpaired) electrons. The van der Waals surface area contributed by atoms with E-state index in [0.717, 1.165) is 46.1 Å². The Morgan fingerprint density at radius 2 is 1.48 bits per heavy atom. The number of fused-ring (bicyclic) bond motifs is 2. The molecule has 0 aliphatic carbocycles. The summed E-state index contributed by atoms with van der Waals surface area (Å²) < 4.78 is 23.2. The van der Waals surface area contributed by atoms with E-state index in [9.17, 15) is 0 Å². The lowest BCUT2D eigenvalue weighted by Gasteiger charge is -2.39. The van der Waals surface area contributed by atoms with Crippen molar-refractivity contribution < 1.29 is 18.9 Å². The summed E-state index contributed by atoms with van der Waals surface area (Å²) in [7, 11) is 3.32. The van der Waals surface area contributed by atoms with E-state index in [0.29, 0.717) is 0 Å². The molecule has 4 heteroatoms. The van der Waals surface area contributed by atoms with Crippen LogP contribution >= 0.6 is 0 Å². The third-order valence-corrected chi connectivity index (χ3v) is 4.60. The zero-order chi connectivity index (χ0) is 17.4. The van der Waals surface area contributed by atoms with E-state index in [1.807, 2.05) is 48.6 Å². The monoisotopic (exact) mass is 336 g/mol. The normalized spacial score (nSPS) is 20.0. The fourth-order valence-corrected chi connectivity index (χ4v) is 3.23. The van der Waals surface area contributed by atoms with Crippen LogP contribution in [0.3, 0.4) is 0 Å². The summed E-state index contributed by atoms with van der Waals surface area (Å²) >= 11 is 0. The molecule has 0 aromatic heterocycles. The predicted molar refractivity (Wildman–Crippen MR) is 97.3 cm³/mol. The lowest BCUT2D eigenvalue weighted by molar-refractivity contribution is -0.0433. The Labute approximate surface area is 147 Å².